The lowest BCUT2D eigenvalue weighted by molar-refractivity contribution is -0.396. The molecule has 1 N–H and O–H groups in total. The lowest BCUT2D eigenvalue weighted by Gasteiger charge is -2.33. The standard InChI is InChI=1S/C8H9F9OS/c9-5(10,1-3-19-4-2-18)6(11,12)7(13,14)8(15,16)17/h18H,1-4H2. The van der Waals surface area contributed by atoms with Crippen LogP contribution >= 0.6 is 11.8 Å². The van der Waals surface area contributed by atoms with Crippen LogP contribution in [0.5, 0.6) is 0 Å². The van der Waals surface area contributed by atoms with E-state index in [1.54, 1.807) is 0 Å². The van der Waals surface area contributed by atoms with Gasteiger partial charge in [-0.05, 0) is 5.75 Å². The molecule has 0 amide bonds. The molecule has 0 bridgehead atoms. The second-order valence-corrected chi connectivity index (χ2v) is 4.66. The van der Waals surface area contributed by atoms with E-state index in [2.05, 4.69) is 0 Å². The van der Waals surface area contributed by atoms with Crippen LogP contribution in [0.15, 0.2) is 0 Å². The Balaban J connectivity index is 4.96. The molecule has 0 aliphatic heterocycles. The number of hydrogen-bond donors (Lipinski definition) is 1. The van der Waals surface area contributed by atoms with E-state index >= 15 is 0 Å². The van der Waals surface area contributed by atoms with Gasteiger partial charge in [-0.1, -0.05) is 0 Å². The Kier molecular flexibility index (Phi) is 5.88. The van der Waals surface area contributed by atoms with E-state index in [1.165, 1.54) is 0 Å². The van der Waals surface area contributed by atoms with Gasteiger partial charge in [0.25, 0.3) is 0 Å². The molecule has 0 aromatic heterocycles. The average molecular weight is 324 g/mol. The predicted octanol–water partition coefficient (Wildman–Crippen LogP) is 3.57. The largest absolute Gasteiger partial charge is 0.460 e. The van der Waals surface area contributed by atoms with Crippen LogP contribution in [0.2, 0.25) is 0 Å². The third-order valence-corrected chi connectivity index (χ3v) is 2.97. The van der Waals surface area contributed by atoms with Gasteiger partial charge < -0.3 is 5.11 Å². The molecule has 1 nitrogen and oxygen atoms in total. The molecule has 116 valence electrons. The van der Waals surface area contributed by atoms with E-state index in [0.717, 1.165) is 0 Å². The Morgan fingerprint density at radius 3 is 1.58 bits per heavy atom. The molecule has 0 saturated carbocycles. The highest BCUT2D eigenvalue weighted by Gasteiger charge is 2.81. The summed E-state index contributed by atoms with van der Waals surface area (Å²) in [4.78, 5) is 0. The number of aliphatic hydroxyl groups excluding tert-OH is 1. The SMILES string of the molecule is OCCSCCC(F)(F)C(F)(F)C(F)(F)C(F)(F)F. The lowest BCUT2D eigenvalue weighted by Crippen LogP contribution is -2.60. The molecule has 0 fully saturated rings. The first-order valence-electron chi connectivity index (χ1n) is 4.70. The van der Waals surface area contributed by atoms with Crippen LogP contribution < -0.4 is 0 Å². The zero-order valence-corrected chi connectivity index (χ0v) is 9.90. The van der Waals surface area contributed by atoms with Gasteiger partial charge in [-0.15, -0.1) is 0 Å². The highest BCUT2D eigenvalue weighted by Crippen LogP contribution is 2.54. The van der Waals surface area contributed by atoms with Crippen molar-refractivity contribution in [3.63, 3.8) is 0 Å². The van der Waals surface area contributed by atoms with Crippen molar-refractivity contribution in [3.8, 4) is 0 Å². The third kappa shape index (κ3) is 3.83. The summed E-state index contributed by atoms with van der Waals surface area (Å²) in [6, 6.07) is 0. The van der Waals surface area contributed by atoms with Crippen LogP contribution in [0.3, 0.4) is 0 Å². The van der Waals surface area contributed by atoms with Crippen LogP contribution in [-0.2, 0) is 0 Å². The van der Waals surface area contributed by atoms with E-state index in [9.17, 15) is 39.5 Å². The van der Waals surface area contributed by atoms with Crippen molar-refractivity contribution in [1.82, 2.24) is 0 Å². The minimum atomic E-state index is -6.83. The lowest BCUT2D eigenvalue weighted by atomic mass is 10.0. The molecule has 0 atom stereocenters. The number of rotatable bonds is 7. The summed E-state index contributed by atoms with van der Waals surface area (Å²) in [7, 11) is 0. The average Bonchev–Trinajstić information content (AvgIpc) is 2.22. The van der Waals surface area contributed by atoms with Gasteiger partial charge in [0, 0.05) is 12.2 Å². The molecule has 0 rings (SSSR count). The number of halogens is 9. The molecule has 0 spiro atoms. The predicted molar refractivity (Wildman–Crippen MR) is 49.9 cm³/mol. The Labute approximate surface area is 106 Å². The Morgan fingerprint density at radius 2 is 1.21 bits per heavy atom. The van der Waals surface area contributed by atoms with Gasteiger partial charge in [-0.2, -0.15) is 51.3 Å². The molecule has 0 aliphatic rings. The summed E-state index contributed by atoms with van der Waals surface area (Å²) in [5, 5.41) is 8.27. The molecule has 0 saturated heterocycles. The van der Waals surface area contributed by atoms with E-state index in [1.807, 2.05) is 0 Å². The molecule has 0 radical (unpaired) electrons. The molecular formula is C8H9F9OS. The number of aliphatic hydroxyl groups is 1. The summed E-state index contributed by atoms with van der Waals surface area (Å²) in [5.41, 5.74) is 0. The van der Waals surface area contributed by atoms with E-state index in [-0.39, 0.29) is 5.75 Å². The summed E-state index contributed by atoms with van der Waals surface area (Å²) in [6.07, 6.45) is -8.64. The van der Waals surface area contributed by atoms with Crippen molar-refractivity contribution in [2.75, 3.05) is 18.1 Å². The number of thioether (sulfide) groups is 1. The second-order valence-electron chi connectivity index (χ2n) is 3.44. The van der Waals surface area contributed by atoms with Crippen molar-refractivity contribution in [2.45, 2.75) is 30.4 Å². The maximum atomic E-state index is 12.8. The first-order chi connectivity index (χ1) is 8.31. The van der Waals surface area contributed by atoms with Crippen molar-refractivity contribution < 1.29 is 44.6 Å². The maximum absolute atomic E-state index is 12.8. The quantitative estimate of drug-likeness (QED) is 0.571. The Hall–Kier alpha value is -0.320. The topological polar surface area (TPSA) is 20.2 Å². The summed E-state index contributed by atoms with van der Waals surface area (Å²) in [6.45, 7) is -0.467. The summed E-state index contributed by atoms with van der Waals surface area (Å²) in [5.74, 6) is -19.8. The summed E-state index contributed by atoms with van der Waals surface area (Å²) >= 11 is 0.525. The van der Waals surface area contributed by atoms with Crippen LogP contribution in [0.25, 0.3) is 0 Å². The highest BCUT2D eigenvalue weighted by atomic mass is 32.2. The normalized spacial score (nSPS) is 14.8. The van der Waals surface area contributed by atoms with Crippen LogP contribution in [0, 0.1) is 0 Å². The Bertz CT molecular complexity index is 288. The summed E-state index contributed by atoms with van der Waals surface area (Å²) < 4.78 is 111. The highest BCUT2D eigenvalue weighted by molar-refractivity contribution is 7.99. The minimum absolute atomic E-state index is 0.128. The fourth-order valence-corrected chi connectivity index (χ4v) is 1.67. The van der Waals surface area contributed by atoms with Crippen LogP contribution in [0.1, 0.15) is 6.42 Å². The molecule has 0 heterocycles. The fraction of sp³-hybridized carbons (Fsp3) is 1.00. The fourth-order valence-electron chi connectivity index (χ4n) is 0.932. The molecule has 0 aromatic carbocycles. The van der Waals surface area contributed by atoms with Gasteiger partial charge in [0.05, 0.1) is 6.61 Å². The van der Waals surface area contributed by atoms with Gasteiger partial charge >= 0.3 is 23.9 Å². The smallest absolute Gasteiger partial charge is 0.396 e. The zero-order valence-electron chi connectivity index (χ0n) is 9.09. The first kappa shape index (κ1) is 18.7. The Morgan fingerprint density at radius 1 is 0.737 bits per heavy atom. The minimum Gasteiger partial charge on any atom is -0.396 e. The van der Waals surface area contributed by atoms with Gasteiger partial charge in [0.1, 0.15) is 0 Å². The van der Waals surface area contributed by atoms with Gasteiger partial charge in [-0.25, -0.2) is 0 Å². The van der Waals surface area contributed by atoms with Crippen molar-refractivity contribution >= 4 is 11.8 Å². The monoisotopic (exact) mass is 324 g/mol. The third-order valence-electron chi connectivity index (χ3n) is 2.01. The van der Waals surface area contributed by atoms with Gasteiger partial charge in [0.15, 0.2) is 0 Å². The number of alkyl halides is 9. The second kappa shape index (κ2) is 5.98. The molecule has 0 unspecified atom stereocenters. The zero-order chi connectivity index (χ0) is 15.5. The van der Waals surface area contributed by atoms with Crippen LogP contribution in [0.4, 0.5) is 39.5 Å². The van der Waals surface area contributed by atoms with E-state index in [0.29, 0.717) is 11.8 Å². The van der Waals surface area contributed by atoms with Crippen LogP contribution in [-0.4, -0.2) is 47.2 Å². The first-order valence-corrected chi connectivity index (χ1v) is 5.85. The molecule has 0 aromatic rings. The van der Waals surface area contributed by atoms with Crippen molar-refractivity contribution in [3.05, 3.63) is 0 Å². The molecular weight excluding hydrogens is 315 g/mol. The maximum Gasteiger partial charge on any atom is 0.460 e. The van der Waals surface area contributed by atoms with E-state index in [4.69, 9.17) is 5.11 Å². The van der Waals surface area contributed by atoms with Gasteiger partial charge in [0.2, 0.25) is 0 Å². The van der Waals surface area contributed by atoms with Crippen molar-refractivity contribution in [2.24, 2.45) is 0 Å². The molecule has 19 heavy (non-hydrogen) atoms. The number of hydrogen-bond acceptors (Lipinski definition) is 2. The molecule has 11 heteroatoms. The molecule has 0 aliphatic carbocycles. The van der Waals surface area contributed by atoms with E-state index < -0.39 is 42.7 Å². The van der Waals surface area contributed by atoms with Gasteiger partial charge in [-0.3, -0.25) is 0 Å². The van der Waals surface area contributed by atoms with Crippen molar-refractivity contribution in [1.29, 1.82) is 0 Å².